The Hall–Kier alpha value is -1.37. The molecule has 0 aliphatic rings. The molecule has 80 valence electrons. The van der Waals surface area contributed by atoms with E-state index in [1.54, 1.807) is 0 Å². The number of hydrogen-bond donors (Lipinski definition) is 2. The first-order chi connectivity index (χ1) is 7.36. The molecular formula is C12H17N3. The molecular weight excluding hydrogens is 186 g/mol. The fourth-order valence-corrected chi connectivity index (χ4v) is 1.44. The van der Waals surface area contributed by atoms with Gasteiger partial charge < -0.3 is 11.1 Å². The molecule has 1 rings (SSSR count). The molecule has 0 unspecified atom stereocenters. The molecule has 0 aromatic heterocycles. The van der Waals surface area contributed by atoms with Gasteiger partial charge in [-0.25, -0.2) is 0 Å². The van der Waals surface area contributed by atoms with Gasteiger partial charge in [0.05, 0.1) is 11.6 Å². The van der Waals surface area contributed by atoms with E-state index in [0.717, 1.165) is 31.5 Å². The molecule has 1 aromatic rings. The van der Waals surface area contributed by atoms with Crippen LogP contribution in [0.2, 0.25) is 0 Å². The fourth-order valence-electron chi connectivity index (χ4n) is 1.44. The van der Waals surface area contributed by atoms with E-state index in [4.69, 9.17) is 11.0 Å². The molecule has 1 aromatic carbocycles. The lowest BCUT2D eigenvalue weighted by Crippen LogP contribution is -2.23. The Morgan fingerprint density at radius 1 is 1.33 bits per heavy atom. The first-order valence-electron chi connectivity index (χ1n) is 5.26. The number of nitrogens with zero attached hydrogens (tertiary/aromatic N) is 1. The van der Waals surface area contributed by atoms with Crippen molar-refractivity contribution in [2.24, 2.45) is 5.73 Å². The minimum atomic E-state index is 0.684. The summed E-state index contributed by atoms with van der Waals surface area (Å²) in [6.07, 6.45) is 2.09. The molecule has 0 aliphatic carbocycles. The lowest BCUT2D eigenvalue weighted by molar-refractivity contribution is 0.653. The number of hydrogen-bond acceptors (Lipinski definition) is 3. The third-order valence-corrected chi connectivity index (χ3v) is 2.20. The topological polar surface area (TPSA) is 61.8 Å². The first-order valence-corrected chi connectivity index (χ1v) is 5.26. The van der Waals surface area contributed by atoms with Gasteiger partial charge in [-0.3, -0.25) is 0 Å². The molecule has 0 bridgehead atoms. The van der Waals surface area contributed by atoms with Crippen molar-refractivity contribution in [3.05, 3.63) is 35.4 Å². The predicted octanol–water partition coefficient (Wildman–Crippen LogP) is 1.04. The molecule has 3 N–H and O–H groups in total. The second-order valence-electron chi connectivity index (χ2n) is 3.45. The summed E-state index contributed by atoms with van der Waals surface area (Å²) >= 11 is 0. The van der Waals surface area contributed by atoms with Crippen LogP contribution in [0, 0.1) is 11.3 Å². The van der Waals surface area contributed by atoms with Crippen LogP contribution in [0.15, 0.2) is 24.3 Å². The number of nitriles is 1. The molecule has 3 nitrogen and oxygen atoms in total. The summed E-state index contributed by atoms with van der Waals surface area (Å²) in [5, 5.41) is 12.0. The van der Waals surface area contributed by atoms with Crippen LogP contribution in [0.5, 0.6) is 0 Å². The van der Waals surface area contributed by atoms with Crippen molar-refractivity contribution < 1.29 is 0 Å². The summed E-state index contributed by atoms with van der Waals surface area (Å²) in [5.74, 6) is 0. The lowest BCUT2D eigenvalue weighted by atomic mass is 10.1. The number of benzene rings is 1. The number of nitrogens with one attached hydrogen (secondary N) is 1. The zero-order valence-electron chi connectivity index (χ0n) is 8.87. The van der Waals surface area contributed by atoms with E-state index in [2.05, 4.69) is 17.5 Å². The van der Waals surface area contributed by atoms with Gasteiger partial charge >= 0.3 is 0 Å². The minimum Gasteiger partial charge on any atom is -0.329 e. The maximum Gasteiger partial charge on any atom is 0.0991 e. The summed E-state index contributed by atoms with van der Waals surface area (Å²) in [6, 6.07) is 9.91. The maximum absolute atomic E-state index is 8.73. The van der Waals surface area contributed by atoms with E-state index in [1.165, 1.54) is 5.56 Å². The molecule has 3 heteroatoms. The van der Waals surface area contributed by atoms with Gasteiger partial charge in [-0.2, -0.15) is 5.26 Å². The van der Waals surface area contributed by atoms with Crippen molar-refractivity contribution in [2.75, 3.05) is 19.6 Å². The summed E-state index contributed by atoms with van der Waals surface area (Å²) < 4.78 is 0. The number of rotatable bonds is 6. The van der Waals surface area contributed by atoms with Crippen LogP contribution in [0.25, 0.3) is 0 Å². The van der Waals surface area contributed by atoms with E-state index in [-0.39, 0.29) is 0 Å². The molecule has 0 aliphatic heterocycles. The monoisotopic (exact) mass is 203 g/mol. The van der Waals surface area contributed by atoms with E-state index in [1.807, 2.05) is 18.2 Å². The maximum atomic E-state index is 8.73. The molecule has 0 amide bonds. The Labute approximate surface area is 90.9 Å². The van der Waals surface area contributed by atoms with Crippen LogP contribution in [-0.4, -0.2) is 19.6 Å². The van der Waals surface area contributed by atoms with Crippen molar-refractivity contribution in [3.8, 4) is 6.07 Å². The highest BCUT2D eigenvalue weighted by Crippen LogP contribution is 2.06. The second kappa shape index (κ2) is 6.99. The van der Waals surface area contributed by atoms with Gasteiger partial charge in [0.1, 0.15) is 0 Å². The largest absolute Gasteiger partial charge is 0.329 e. The average molecular weight is 203 g/mol. The van der Waals surface area contributed by atoms with E-state index < -0.39 is 0 Å². The van der Waals surface area contributed by atoms with Crippen LogP contribution in [0.3, 0.4) is 0 Å². The zero-order chi connectivity index (χ0) is 10.9. The van der Waals surface area contributed by atoms with Crippen molar-refractivity contribution in [1.82, 2.24) is 5.32 Å². The second-order valence-corrected chi connectivity index (χ2v) is 3.45. The van der Waals surface area contributed by atoms with Gasteiger partial charge in [-0.05, 0) is 37.1 Å². The van der Waals surface area contributed by atoms with Gasteiger partial charge in [0, 0.05) is 13.1 Å². The van der Waals surface area contributed by atoms with Gasteiger partial charge in [-0.15, -0.1) is 0 Å². The smallest absolute Gasteiger partial charge is 0.0991 e. The SMILES string of the molecule is N#Cc1cccc(CCCNCCN)c1. The summed E-state index contributed by atoms with van der Waals surface area (Å²) in [7, 11) is 0. The molecule has 0 saturated heterocycles. The molecule has 0 saturated carbocycles. The van der Waals surface area contributed by atoms with E-state index in [0.29, 0.717) is 6.54 Å². The van der Waals surface area contributed by atoms with Crippen molar-refractivity contribution in [3.63, 3.8) is 0 Å². The van der Waals surface area contributed by atoms with Crippen molar-refractivity contribution in [1.29, 1.82) is 5.26 Å². The predicted molar refractivity (Wildman–Crippen MR) is 61.4 cm³/mol. The molecule has 0 heterocycles. The Balaban J connectivity index is 2.28. The zero-order valence-corrected chi connectivity index (χ0v) is 8.87. The first kappa shape index (κ1) is 11.7. The van der Waals surface area contributed by atoms with Crippen LogP contribution in [-0.2, 0) is 6.42 Å². The Morgan fingerprint density at radius 2 is 2.20 bits per heavy atom. The van der Waals surface area contributed by atoms with Crippen LogP contribution < -0.4 is 11.1 Å². The van der Waals surface area contributed by atoms with Gasteiger partial charge in [0.15, 0.2) is 0 Å². The summed E-state index contributed by atoms with van der Waals surface area (Å²) in [5.41, 5.74) is 7.33. The normalized spacial score (nSPS) is 9.87. The highest BCUT2D eigenvalue weighted by Gasteiger charge is 1.95. The molecule has 0 fully saturated rings. The standard InChI is InChI=1S/C12H17N3/c13-6-8-15-7-2-5-11-3-1-4-12(9-11)10-14/h1,3-4,9,15H,2,5-8,13H2. The van der Waals surface area contributed by atoms with Crippen molar-refractivity contribution in [2.45, 2.75) is 12.8 Å². The molecule has 15 heavy (non-hydrogen) atoms. The van der Waals surface area contributed by atoms with Gasteiger partial charge in [-0.1, -0.05) is 12.1 Å². The van der Waals surface area contributed by atoms with E-state index in [9.17, 15) is 0 Å². The molecule has 0 atom stereocenters. The fraction of sp³-hybridized carbons (Fsp3) is 0.417. The van der Waals surface area contributed by atoms with Gasteiger partial charge in [0.25, 0.3) is 0 Å². The van der Waals surface area contributed by atoms with Crippen molar-refractivity contribution >= 4 is 0 Å². The third-order valence-electron chi connectivity index (χ3n) is 2.20. The van der Waals surface area contributed by atoms with Gasteiger partial charge in [0.2, 0.25) is 0 Å². The quantitative estimate of drug-likeness (QED) is 0.679. The van der Waals surface area contributed by atoms with Crippen LogP contribution in [0.1, 0.15) is 17.5 Å². The summed E-state index contributed by atoms with van der Waals surface area (Å²) in [4.78, 5) is 0. The Kier molecular flexibility index (Phi) is 5.46. The third kappa shape index (κ3) is 4.59. The highest BCUT2D eigenvalue weighted by molar-refractivity contribution is 5.32. The van der Waals surface area contributed by atoms with Crippen LogP contribution >= 0.6 is 0 Å². The number of nitrogens with two attached hydrogens (primary N) is 1. The average Bonchev–Trinajstić information content (AvgIpc) is 2.29. The highest BCUT2D eigenvalue weighted by atomic mass is 14.9. The molecule has 0 radical (unpaired) electrons. The molecule has 0 spiro atoms. The van der Waals surface area contributed by atoms with E-state index >= 15 is 0 Å². The Bertz CT molecular complexity index is 328. The minimum absolute atomic E-state index is 0.684. The summed E-state index contributed by atoms with van der Waals surface area (Å²) in [6.45, 7) is 2.54. The Morgan fingerprint density at radius 3 is 2.93 bits per heavy atom. The number of aryl methyl sites for hydroxylation is 1. The lowest BCUT2D eigenvalue weighted by Gasteiger charge is -2.03. The van der Waals surface area contributed by atoms with Crippen LogP contribution in [0.4, 0.5) is 0 Å².